The van der Waals surface area contributed by atoms with E-state index < -0.39 is 0 Å². The lowest BCUT2D eigenvalue weighted by molar-refractivity contribution is 0.179. The predicted molar refractivity (Wildman–Crippen MR) is 68.5 cm³/mol. The maximum Gasteiger partial charge on any atom is 0.0198 e. The van der Waals surface area contributed by atoms with Crippen LogP contribution in [0.3, 0.4) is 0 Å². The quantitative estimate of drug-likeness (QED) is 0.758. The molecule has 2 fully saturated rings. The van der Waals surface area contributed by atoms with E-state index in [2.05, 4.69) is 10.2 Å². The lowest BCUT2D eigenvalue weighted by Crippen LogP contribution is -2.50. The van der Waals surface area contributed by atoms with Gasteiger partial charge in [0.2, 0.25) is 0 Å². The van der Waals surface area contributed by atoms with E-state index in [1.807, 2.05) is 0 Å². The zero-order chi connectivity index (χ0) is 11.2. The van der Waals surface area contributed by atoms with Crippen molar-refractivity contribution in [3.8, 4) is 0 Å². The molecule has 0 aromatic carbocycles. The number of hydrogen-bond acceptors (Lipinski definition) is 3. The number of hydrogen-bond donors (Lipinski definition) is 2. The van der Waals surface area contributed by atoms with Crippen molar-refractivity contribution in [1.82, 2.24) is 10.2 Å². The summed E-state index contributed by atoms with van der Waals surface area (Å²) < 4.78 is 0. The second kappa shape index (κ2) is 6.58. The molecule has 1 aliphatic carbocycles. The van der Waals surface area contributed by atoms with Gasteiger partial charge in [-0.05, 0) is 32.2 Å². The largest absolute Gasteiger partial charge is 0.329 e. The summed E-state index contributed by atoms with van der Waals surface area (Å²) >= 11 is 0. The molecule has 0 amide bonds. The maximum absolute atomic E-state index is 5.63. The number of piperidine rings is 1. The highest BCUT2D eigenvalue weighted by Gasteiger charge is 2.22. The zero-order valence-electron chi connectivity index (χ0n) is 10.5. The molecular weight excluding hydrogens is 198 g/mol. The van der Waals surface area contributed by atoms with E-state index in [9.17, 15) is 0 Å². The summed E-state index contributed by atoms with van der Waals surface area (Å²) in [5, 5.41) is 3.86. The molecule has 0 bridgehead atoms. The van der Waals surface area contributed by atoms with Crippen molar-refractivity contribution in [2.45, 2.75) is 57.0 Å². The molecule has 0 spiro atoms. The molecule has 1 saturated carbocycles. The predicted octanol–water partition coefficient (Wildman–Crippen LogP) is 1.33. The summed E-state index contributed by atoms with van der Waals surface area (Å²) in [4.78, 5) is 2.52. The highest BCUT2D eigenvalue weighted by molar-refractivity contribution is 4.83. The smallest absolute Gasteiger partial charge is 0.0198 e. The Balaban J connectivity index is 1.71. The molecule has 2 rings (SSSR count). The first-order valence-electron chi connectivity index (χ1n) is 7.07. The van der Waals surface area contributed by atoms with Crippen LogP contribution in [0.5, 0.6) is 0 Å². The average molecular weight is 225 g/mol. The van der Waals surface area contributed by atoms with Crippen molar-refractivity contribution in [2.24, 2.45) is 5.73 Å². The van der Waals surface area contributed by atoms with Gasteiger partial charge < -0.3 is 16.0 Å². The Labute approximate surface area is 99.8 Å². The second-order valence-corrected chi connectivity index (χ2v) is 5.43. The van der Waals surface area contributed by atoms with E-state index in [0.717, 1.165) is 25.2 Å². The Bertz CT molecular complexity index is 188. The summed E-state index contributed by atoms with van der Waals surface area (Å²) in [6, 6.07) is 1.53. The van der Waals surface area contributed by atoms with Gasteiger partial charge in [-0.15, -0.1) is 0 Å². The second-order valence-electron chi connectivity index (χ2n) is 5.43. The maximum atomic E-state index is 5.63. The summed E-state index contributed by atoms with van der Waals surface area (Å²) in [5.74, 6) is 0. The van der Waals surface area contributed by atoms with Gasteiger partial charge in [-0.1, -0.05) is 19.3 Å². The minimum atomic E-state index is 0.725. The van der Waals surface area contributed by atoms with Crippen LogP contribution in [0, 0.1) is 0 Å². The first-order chi connectivity index (χ1) is 7.88. The summed E-state index contributed by atoms with van der Waals surface area (Å²) in [6.07, 6.45) is 9.79. The summed E-state index contributed by atoms with van der Waals surface area (Å²) in [7, 11) is 0. The fourth-order valence-corrected chi connectivity index (χ4v) is 3.18. The first kappa shape index (κ1) is 12.3. The van der Waals surface area contributed by atoms with Gasteiger partial charge in [0.05, 0.1) is 0 Å². The molecule has 1 heterocycles. The summed E-state index contributed by atoms with van der Waals surface area (Å²) in [6.45, 7) is 4.34. The molecule has 1 unspecified atom stereocenters. The van der Waals surface area contributed by atoms with Crippen molar-refractivity contribution >= 4 is 0 Å². The van der Waals surface area contributed by atoms with Gasteiger partial charge in [-0.3, -0.25) is 0 Å². The van der Waals surface area contributed by atoms with Gasteiger partial charge >= 0.3 is 0 Å². The lowest BCUT2D eigenvalue weighted by atomic mass is 9.94. The Hall–Kier alpha value is -0.120. The van der Waals surface area contributed by atoms with Crippen LogP contribution < -0.4 is 11.1 Å². The fourth-order valence-electron chi connectivity index (χ4n) is 3.18. The molecule has 0 aromatic rings. The van der Waals surface area contributed by atoms with E-state index in [-0.39, 0.29) is 0 Å². The van der Waals surface area contributed by atoms with Gasteiger partial charge in [-0.2, -0.15) is 0 Å². The van der Waals surface area contributed by atoms with Gasteiger partial charge in [0.25, 0.3) is 0 Å². The third-order valence-corrected chi connectivity index (χ3v) is 4.03. The van der Waals surface area contributed by atoms with Gasteiger partial charge in [0.1, 0.15) is 0 Å². The van der Waals surface area contributed by atoms with Crippen LogP contribution in [0.2, 0.25) is 0 Å². The van der Waals surface area contributed by atoms with Crippen molar-refractivity contribution < 1.29 is 0 Å². The molecule has 3 heteroatoms. The molecule has 0 aromatic heterocycles. The topological polar surface area (TPSA) is 41.3 Å². The van der Waals surface area contributed by atoms with Crippen LogP contribution in [-0.2, 0) is 0 Å². The molecule has 2 aliphatic rings. The Morgan fingerprint density at radius 2 is 1.75 bits per heavy atom. The van der Waals surface area contributed by atoms with Crippen molar-refractivity contribution in [1.29, 1.82) is 0 Å². The number of nitrogens with zero attached hydrogens (tertiary/aromatic N) is 1. The number of nitrogens with one attached hydrogen (secondary N) is 1. The van der Waals surface area contributed by atoms with E-state index in [0.29, 0.717) is 0 Å². The van der Waals surface area contributed by atoms with E-state index in [1.165, 1.54) is 58.0 Å². The van der Waals surface area contributed by atoms with Gasteiger partial charge in [0, 0.05) is 31.7 Å². The Morgan fingerprint density at radius 1 is 1.00 bits per heavy atom. The standard InChI is InChI=1S/C13H27N3/c14-8-10-16-9-4-7-13(11-16)15-12-5-2-1-3-6-12/h12-13,15H,1-11,14H2. The Morgan fingerprint density at radius 3 is 2.50 bits per heavy atom. The number of rotatable bonds is 4. The average Bonchev–Trinajstić information content (AvgIpc) is 2.31. The highest BCUT2D eigenvalue weighted by Crippen LogP contribution is 2.19. The minimum Gasteiger partial charge on any atom is -0.329 e. The van der Waals surface area contributed by atoms with Crippen LogP contribution in [0.1, 0.15) is 44.9 Å². The van der Waals surface area contributed by atoms with Crippen LogP contribution in [-0.4, -0.2) is 43.2 Å². The molecular formula is C13H27N3. The molecule has 94 valence electrons. The molecule has 3 N–H and O–H groups in total. The third-order valence-electron chi connectivity index (χ3n) is 4.03. The molecule has 16 heavy (non-hydrogen) atoms. The van der Waals surface area contributed by atoms with Crippen LogP contribution in [0.25, 0.3) is 0 Å². The van der Waals surface area contributed by atoms with Crippen LogP contribution >= 0.6 is 0 Å². The molecule has 3 nitrogen and oxygen atoms in total. The third kappa shape index (κ3) is 3.72. The molecule has 1 aliphatic heterocycles. The van der Waals surface area contributed by atoms with E-state index in [4.69, 9.17) is 5.73 Å². The summed E-state index contributed by atoms with van der Waals surface area (Å²) in [5.41, 5.74) is 5.63. The van der Waals surface area contributed by atoms with Gasteiger partial charge in [-0.25, -0.2) is 0 Å². The zero-order valence-corrected chi connectivity index (χ0v) is 10.5. The normalized spacial score (nSPS) is 29.4. The van der Waals surface area contributed by atoms with Crippen molar-refractivity contribution in [3.05, 3.63) is 0 Å². The van der Waals surface area contributed by atoms with Crippen LogP contribution in [0.4, 0.5) is 0 Å². The van der Waals surface area contributed by atoms with E-state index in [1.54, 1.807) is 0 Å². The van der Waals surface area contributed by atoms with Crippen molar-refractivity contribution in [2.75, 3.05) is 26.2 Å². The minimum absolute atomic E-state index is 0.725. The monoisotopic (exact) mass is 225 g/mol. The lowest BCUT2D eigenvalue weighted by Gasteiger charge is -2.36. The van der Waals surface area contributed by atoms with Gasteiger partial charge in [0.15, 0.2) is 0 Å². The van der Waals surface area contributed by atoms with Crippen molar-refractivity contribution in [3.63, 3.8) is 0 Å². The highest BCUT2D eigenvalue weighted by atomic mass is 15.2. The molecule has 0 radical (unpaired) electrons. The fraction of sp³-hybridized carbons (Fsp3) is 1.00. The first-order valence-corrected chi connectivity index (χ1v) is 7.07. The number of likely N-dealkylation sites (tertiary alicyclic amines) is 1. The molecule has 1 saturated heterocycles. The van der Waals surface area contributed by atoms with E-state index >= 15 is 0 Å². The number of nitrogens with two attached hydrogens (primary N) is 1. The van der Waals surface area contributed by atoms with Crippen LogP contribution in [0.15, 0.2) is 0 Å². The Kier molecular flexibility index (Phi) is 5.07. The molecule has 1 atom stereocenters. The SMILES string of the molecule is NCCN1CCCC(NC2CCCCC2)C1.